The van der Waals surface area contributed by atoms with E-state index in [1.807, 2.05) is 97.1 Å². The summed E-state index contributed by atoms with van der Waals surface area (Å²) in [7, 11) is 0. The van der Waals surface area contributed by atoms with Crippen LogP contribution in [-0.4, -0.2) is 15.0 Å². The molecular weight excluding hydrogens is 627 g/mol. The van der Waals surface area contributed by atoms with Crippen LogP contribution >= 0.6 is 0 Å². The smallest absolute Gasteiger partial charge is 0.170 e. The van der Waals surface area contributed by atoms with Crippen molar-refractivity contribution < 1.29 is 9.47 Å². The molecule has 5 heteroatoms. The maximum absolute atomic E-state index is 6.61. The monoisotopic (exact) mass is 659 g/mol. The van der Waals surface area contributed by atoms with E-state index in [0.29, 0.717) is 46.0 Å². The molecule has 244 valence electrons. The van der Waals surface area contributed by atoms with Crippen LogP contribution in [0.15, 0.2) is 153 Å². The van der Waals surface area contributed by atoms with Crippen LogP contribution in [0.1, 0.15) is 36.4 Å². The van der Waals surface area contributed by atoms with Crippen molar-refractivity contribution in [3.63, 3.8) is 0 Å². The topological polar surface area (TPSA) is 57.1 Å². The number of hydrogen-bond acceptors (Lipinski definition) is 5. The normalized spacial score (nSPS) is 13.1. The van der Waals surface area contributed by atoms with Gasteiger partial charge in [0.2, 0.25) is 0 Å². The molecule has 0 radical (unpaired) electrons. The second-order valence-corrected chi connectivity index (χ2v) is 13.4. The number of aromatic nitrogens is 3. The molecule has 51 heavy (non-hydrogen) atoms. The van der Waals surface area contributed by atoms with Gasteiger partial charge in [-0.15, -0.1) is 0 Å². The Kier molecular flexibility index (Phi) is 7.04. The molecule has 0 fully saturated rings. The van der Waals surface area contributed by atoms with Crippen LogP contribution in [-0.2, 0) is 5.41 Å². The van der Waals surface area contributed by atoms with Crippen molar-refractivity contribution >= 4 is 11.1 Å². The molecule has 2 aliphatic rings. The van der Waals surface area contributed by atoms with Gasteiger partial charge in [-0.25, -0.2) is 15.0 Å². The quantitative estimate of drug-likeness (QED) is 0.166. The molecule has 0 N–H and O–H groups in total. The van der Waals surface area contributed by atoms with Gasteiger partial charge in [0.15, 0.2) is 40.5 Å². The van der Waals surface area contributed by atoms with E-state index < -0.39 is 0 Å². The predicted octanol–water partition coefficient (Wildman–Crippen LogP) is 11.8. The lowest BCUT2D eigenvalue weighted by Crippen LogP contribution is -2.15. The van der Waals surface area contributed by atoms with Gasteiger partial charge in [-0.1, -0.05) is 142 Å². The van der Waals surface area contributed by atoms with Crippen molar-refractivity contribution in [2.45, 2.75) is 19.3 Å². The Morgan fingerprint density at radius 2 is 1.08 bits per heavy atom. The van der Waals surface area contributed by atoms with Gasteiger partial charge in [0.25, 0.3) is 0 Å². The molecule has 7 aromatic rings. The first-order chi connectivity index (χ1) is 24.8. The summed E-state index contributed by atoms with van der Waals surface area (Å²) in [5.74, 6) is 4.30. The summed E-state index contributed by atoms with van der Waals surface area (Å²) in [6, 6.07) is 46.9. The average Bonchev–Trinajstić information content (AvgIpc) is 3.40. The van der Waals surface area contributed by atoms with Gasteiger partial charge in [0, 0.05) is 22.1 Å². The van der Waals surface area contributed by atoms with E-state index in [2.05, 4.69) is 69.5 Å². The molecule has 0 saturated heterocycles. The van der Waals surface area contributed by atoms with Gasteiger partial charge in [-0.3, -0.25) is 0 Å². The fourth-order valence-electron chi connectivity index (χ4n) is 7.17. The lowest BCUT2D eigenvalue weighted by atomic mass is 9.82. The predicted molar refractivity (Wildman–Crippen MR) is 205 cm³/mol. The molecule has 0 unspecified atom stereocenters. The third-order valence-corrected chi connectivity index (χ3v) is 9.93. The summed E-state index contributed by atoms with van der Waals surface area (Å²) in [5.41, 5.74) is 10.8. The molecule has 6 aromatic carbocycles. The molecule has 0 atom stereocenters. The Bertz CT molecular complexity index is 2540. The molecule has 1 aliphatic heterocycles. The van der Waals surface area contributed by atoms with Gasteiger partial charge >= 0.3 is 0 Å². The standard InChI is InChI=1S/C46H33N3O2/c1-28(30-15-7-5-8-16-30)29(2)43-47-44(31-17-9-6-10-18-31)49-45(48-43)35-21-12-11-19-33(35)32-23-24-39-40(25-32)51-42-27-38-36(26-41(42)50-39)34-20-13-14-22-37(34)46(38,3)4/h5-27H,1-2H2,3-4H3. The molecule has 1 aliphatic carbocycles. The summed E-state index contributed by atoms with van der Waals surface area (Å²) in [6.45, 7) is 13.2. The second-order valence-electron chi connectivity index (χ2n) is 13.4. The Morgan fingerprint density at radius 3 is 1.86 bits per heavy atom. The maximum atomic E-state index is 6.61. The first kappa shape index (κ1) is 30.5. The number of hydrogen-bond donors (Lipinski definition) is 0. The van der Waals surface area contributed by atoms with E-state index in [1.165, 1.54) is 22.3 Å². The fourth-order valence-corrected chi connectivity index (χ4v) is 7.17. The molecule has 0 bridgehead atoms. The molecule has 0 saturated carbocycles. The molecule has 9 rings (SSSR count). The van der Waals surface area contributed by atoms with Crippen LogP contribution in [0, 0.1) is 0 Å². The van der Waals surface area contributed by atoms with Crippen LogP contribution in [0.5, 0.6) is 23.0 Å². The van der Waals surface area contributed by atoms with Crippen molar-refractivity contribution in [1.29, 1.82) is 0 Å². The van der Waals surface area contributed by atoms with E-state index >= 15 is 0 Å². The van der Waals surface area contributed by atoms with E-state index in [4.69, 9.17) is 24.4 Å². The SMILES string of the molecule is C=C(C(=C)c1nc(-c2ccccc2)nc(-c2ccccc2-c2ccc3c(c2)Oc2cc4c(cc2O3)-c2ccccc2C4(C)C)n1)c1ccccc1. The molecular formula is C46H33N3O2. The molecule has 2 heterocycles. The van der Waals surface area contributed by atoms with E-state index in [-0.39, 0.29) is 5.41 Å². The number of ether oxygens (including phenoxy) is 2. The van der Waals surface area contributed by atoms with Crippen molar-refractivity contribution in [3.8, 4) is 68.0 Å². The van der Waals surface area contributed by atoms with E-state index in [1.54, 1.807) is 0 Å². The van der Waals surface area contributed by atoms with Crippen molar-refractivity contribution in [3.05, 3.63) is 175 Å². The Balaban J connectivity index is 1.11. The van der Waals surface area contributed by atoms with Crippen LogP contribution in [0.4, 0.5) is 0 Å². The molecule has 5 nitrogen and oxygen atoms in total. The highest BCUT2D eigenvalue weighted by Crippen LogP contribution is 2.55. The van der Waals surface area contributed by atoms with Crippen molar-refractivity contribution in [1.82, 2.24) is 15.0 Å². The third-order valence-electron chi connectivity index (χ3n) is 9.93. The summed E-state index contributed by atoms with van der Waals surface area (Å²) >= 11 is 0. The van der Waals surface area contributed by atoms with Crippen LogP contribution < -0.4 is 9.47 Å². The van der Waals surface area contributed by atoms with Crippen LogP contribution in [0.25, 0.3) is 56.2 Å². The number of benzene rings is 6. The minimum absolute atomic E-state index is 0.147. The summed E-state index contributed by atoms with van der Waals surface area (Å²) in [6.07, 6.45) is 0. The number of allylic oxidation sites excluding steroid dienone is 2. The van der Waals surface area contributed by atoms with Gasteiger partial charge in [0.05, 0.1) is 0 Å². The van der Waals surface area contributed by atoms with E-state index in [0.717, 1.165) is 33.4 Å². The zero-order valence-corrected chi connectivity index (χ0v) is 28.4. The van der Waals surface area contributed by atoms with E-state index in [9.17, 15) is 0 Å². The number of rotatable bonds is 6. The van der Waals surface area contributed by atoms with Crippen LogP contribution in [0.2, 0.25) is 0 Å². The summed E-state index contributed by atoms with van der Waals surface area (Å²) in [4.78, 5) is 14.9. The Labute approximate surface area is 297 Å². The lowest BCUT2D eigenvalue weighted by Gasteiger charge is -2.25. The zero-order chi connectivity index (χ0) is 34.7. The highest BCUT2D eigenvalue weighted by Gasteiger charge is 2.37. The summed E-state index contributed by atoms with van der Waals surface area (Å²) in [5, 5.41) is 0. The first-order valence-electron chi connectivity index (χ1n) is 17.0. The zero-order valence-electron chi connectivity index (χ0n) is 28.4. The minimum atomic E-state index is -0.147. The van der Waals surface area contributed by atoms with Gasteiger partial charge in [0.1, 0.15) is 0 Å². The highest BCUT2D eigenvalue weighted by atomic mass is 16.6. The molecule has 0 spiro atoms. The molecule has 1 aromatic heterocycles. The van der Waals surface area contributed by atoms with Gasteiger partial charge in [-0.2, -0.15) is 0 Å². The van der Waals surface area contributed by atoms with Gasteiger partial charge < -0.3 is 9.47 Å². The Morgan fingerprint density at radius 1 is 0.471 bits per heavy atom. The number of nitrogens with zero attached hydrogens (tertiary/aromatic N) is 3. The number of fused-ring (bicyclic) bond motifs is 5. The lowest BCUT2D eigenvalue weighted by molar-refractivity contribution is 0.359. The Hall–Kier alpha value is -6.59. The maximum Gasteiger partial charge on any atom is 0.170 e. The summed E-state index contributed by atoms with van der Waals surface area (Å²) < 4.78 is 13.1. The first-order valence-corrected chi connectivity index (χ1v) is 17.0. The largest absolute Gasteiger partial charge is 0.449 e. The minimum Gasteiger partial charge on any atom is -0.449 e. The second kappa shape index (κ2) is 11.8. The molecule has 0 amide bonds. The van der Waals surface area contributed by atoms with Crippen LogP contribution in [0.3, 0.4) is 0 Å². The van der Waals surface area contributed by atoms with Crippen molar-refractivity contribution in [2.24, 2.45) is 0 Å². The third kappa shape index (κ3) is 5.13. The van der Waals surface area contributed by atoms with Gasteiger partial charge in [-0.05, 0) is 68.8 Å². The highest BCUT2D eigenvalue weighted by molar-refractivity contribution is 6.01. The fraction of sp³-hybridized carbons (Fsp3) is 0.0652. The average molecular weight is 660 g/mol. The van der Waals surface area contributed by atoms with Crippen molar-refractivity contribution in [2.75, 3.05) is 0 Å².